The number of rotatable bonds is 3. The molecule has 2 nitrogen and oxygen atoms in total. The SMILES string of the molecule is O=Cc1ccccc1F.OC(c1ccccc1F)C1CC1. The highest BCUT2D eigenvalue weighted by Crippen LogP contribution is 2.41. The van der Waals surface area contributed by atoms with Gasteiger partial charge in [0.05, 0.1) is 11.7 Å². The maximum absolute atomic E-state index is 13.1. The molecule has 0 bridgehead atoms. The molecule has 4 heteroatoms. The lowest BCUT2D eigenvalue weighted by atomic mass is 10.1. The lowest BCUT2D eigenvalue weighted by molar-refractivity contribution is 0.112. The topological polar surface area (TPSA) is 37.3 Å². The summed E-state index contributed by atoms with van der Waals surface area (Å²) in [6.07, 6.45) is 1.95. The van der Waals surface area contributed by atoms with Gasteiger partial charge in [-0.15, -0.1) is 0 Å². The molecule has 1 unspecified atom stereocenters. The van der Waals surface area contributed by atoms with Crippen LogP contribution in [0.25, 0.3) is 0 Å². The van der Waals surface area contributed by atoms with Crippen LogP contribution in [-0.2, 0) is 0 Å². The fourth-order valence-corrected chi connectivity index (χ4v) is 1.95. The second kappa shape index (κ2) is 7.09. The smallest absolute Gasteiger partial charge is 0.152 e. The average molecular weight is 290 g/mol. The Balaban J connectivity index is 0.000000161. The van der Waals surface area contributed by atoms with Gasteiger partial charge in [-0.1, -0.05) is 30.3 Å². The molecule has 1 atom stereocenters. The third-order valence-corrected chi connectivity index (χ3v) is 3.32. The first-order chi connectivity index (χ1) is 10.1. The van der Waals surface area contributed by atoms with Crippen LogP contribution in [0.3, 0.4) is 0 Å². The van der Waals surface area contributed by atoms with Crippen molar-refractivity contribution in [1.82, 2.24) is 0 Å². The van der Waals surface area contributed by atoms with Gasteiger partial charge in [-0.3, -0.25) is 4.79 Å². The number of hydrogen-bond acceptors (Lipinski definition) is 2. The summed E-state index contributed by atoms with van der Waals surface area (Å²) < 4.78 is 25.4. The number of hydrogen-bond donors (Lipinski definition) is 1. The molecule has 1 aliphatic carbocycles. The van der Waals surface area contributed by atoms with Crippen molar-refractivity contribution in [3.05, 3.63) is 71.3 Å². The predicted octanol–water partition coefficient (Wildman–Crippen LogP) is 3.91. The van der Waals surface area contributed by atoms with E-state index in [1.165, 1.54) is 18.2 Å². The third-order valence-electron chi connectivity index (χ3n) is 3.32. The molecular formula is C17H16F2O2. The average Bonchev–Trinajstić information content (AvgIpc) is 3.33. The first-order valence-electron chi connectivity index (χ1n) is 6.75. The summed E-state index contributed by atoms with van der Waals surface area (Å²) in [6.45, 7) is 0. The number of carbonyl (C=O) groups excluding carboxylic acids is 1. The Kier molecular flexibility index (Phi) is 5.17. The van der Waals surface area contributed by atoms with Gasteiger partial charge in [0, 0.05) is 5.56 Å². The number of carbonyl (C=O) groups is 1. The maximum Gasteiger partial charge on any atom is 0.152 e. The minimum absolute atomic E-state index is 0.109. The van der Waals surface area contributed by atoms with Gasteiger partial charge in [0.25, 0.3) is 0 Å². The minimum Gasteiger partial charge on any atom is -0.388 e. The van der Waals surface area contributed by atoms with Gasteiger partial charge in [0.15, 0.2) is 6.29 Å². The van der Waals surface area contributed by atoms with Crippen molar-refractivity contribution in [3.8, 4) is 0 Å². The van der Waals surface area contributed by atoms with Crippen LogP contribution in [-0.4, -0.2) is 11.4 Å². The first kappa shape index (κ1) is 15.3. The summed E-state index contributed by atoms with van der Waals surface area (Å²) in [7, 11) is 0. The van der Waals surface area contributed by atoms with Crippen molar-refractivity contribution in [3.63, 3.8) is 0 Å². The monoisotopic (exact) mass is 290 g/mol. The van der Waals surface area contributed by atoms with Crippen molar-refractivity contribution in [1.29, 1.82) is 0 Å². The van der Waals surface area contributed by atoms with Gasteiger partial charge in [-0.2, -0.15) is 0 Å². The summed E-state index contributed by atoms with van der Waals surface area (Å²) in [5.41, 5.74) is 0.553. The number of aliphatic hydroxyl groups is 1. The number of benzene rings is 2. The molecule has 0 saturated heterocycles. The van der Waals surface area contributed by atoms with E-state index >= 15 is 0 Å². The van der Waals surface area contributed by atoms with Crippen LogP contribution in [0.2, 0.25) is 0 Å². The zero-order valence-electron chi connectivity index (χ0n) is 11.4. The Morgan fingerprint density at radius 2 is 1.57 bits per heavy atom. The Labute approximate surface area is 122 Å². The van der Waals surface area contributed by atoms with Crippen LogP contribution in [0.4, 0.5) is 8.78 Å². The zero-order valence-corrected chi connectivity index (χ0v) is 11.4. The summed E-state index contributed by atoms with van der Waals surface area (Å²) >= 11 is 0. The maximum atomic E-state index is 13.1. The van der Waals surface area contributed by atoms with E-state index in [1.54, 1.807) is 30.3 Å². The van der Waals surface area contributed by atoms with Crippen molar-refractivity contribution in [2.24, 2.45) is 5.92 Å². The van der Waals surface area contributed by atoms with Crippen LogP contribution in [0.5, 0.6) is 0 Å². The molecule has 2 aromatic rings. The normalized spacial score (nSPS) is 14.8. The zero-order chi connectivity index (χ0) is 15.2. The molecular weight excluding hydrogens is 274 g/mol. The molecule has 110 valence electrons. The van der Waals surface area contributed by atoms with Crippen LogP contribution >= 0.6 is 0 Å². The van der Waals surface area contributed by atoms with Crippen molar-refractivity contribution >= 4 is 6.29 Å². The second-order valence-electron chi connectivity index (χ2n) is 4.94. The van der Waals surface area contributed by atoms with E-state index in [1.807, 2.05) is 0 Å². The highest BCUT2D eigenvalue weighted by molar-refractivity contribution is 5.74. The molecule has 1 N–H and O–H groups in total. The minimum atomic E-state index is -0.591. The fourth-order valence-electron chi connectivity index (χ4n) is 1.95. The Morgan fingerprint density at radius 1 is 1.00 bits per heavy atom. The number of halogens is 2. The highest BCUT2D eigenvalue weighted by Gasteiger charge is 2.31. The molecule has 0 aromatic heterocycles. The van der Waals surface area contributed by atoms with Gasteiger partial charge in [0.1, 0.15) is 11.6 Å². The van der Waals surface area contributed by atoms with Crippen LogP contribution < -0.4 is 0 Å². The molecule has 21 heavy (non-hydrogen) atoms. The predicted molar refractivity (Wildman–Crippen MR) is 75.9 cm³/mol. The molecule has 0 heterocycles. The standard InChI is InChI=1S/C10H11FO.C7H5FO/c11-9-4-2-1-3-8(9)10(12)7-5-6-7;8-7-4-2-1-3-6(7)5-9/h1-4,7,10,12H,5-6H2;1-5H. The summed E-state index contributed by atoms with van der Waals surface area (Å²) in [6, 6.07) is 12.3. The summed E-state index contributed by atoms with van der Waals surface area (Å²) in [5.74, 6) is -0.466. The largest absolute Gasteiger partial charge is 0.388 e. The molecule has 0 aliphatic heterocycles. The molecule has 0 radical (unpaired) electrons. The number of aliphatic hydroxyl groups excluding tert-OH is 1. The van der Waals surface area contributed by atoms with Crippen LogP contribution in [0.1, 0.15) is 34.9 Å². The Hall–Kier alpha value is -2.07. The van der Waals surface area contributed by atoms with Gasteiger partial charge < -0.3 is 5.11 Å². The quantitative estimate of drug-likeness (QED) is 0.870. The van der Waals surface area contributed by atoms with Gasteiger partial charge in [-0.05, 0) is 37.0 Å². The molecule has 1 fully saturated rings. The molecule has 3 rings (SSSR count). The first-order valence-corrected chi connectivity index (χ1v) is 6.75. The number of aldehydes is 1. The lowest BCUT2D eigenvalue weighted by Crippen LogP contribution is -2.01. The third kappa shape index (κ3) is 4.20. The van der Waals surface area contributed by atoms with E-state index in [0.717, 1.165) is 12.8 Å². The van der Waals surface area contributed by atoms with E-state index in [-0.39, 0.29) is 11.4 Å². The second-order valence-corrected chi connectivity index (χ2v) is 4.94. The summed E-state index contributed by atoms with van der Waals surface area (Å²) in [4.78, 5) is 9.99. The molecule has 1 aliphatic rings. The van der Waals surface area contributed by atoms with E-state index < -0.39 is 11.9 Å². The Morgan fingerprint density at radius 3 is 2.05 bits per heavy atom. The van der Waals surface area contributed by atoms with E-state index in [9.17, 15) is 18.7 Å². The van der Waals surface area contributed by atoms with Crippen LogP contribution in [0, 0.1) is 17.6 Å². The molecule has 2 aromatic carbocycles. The fraction of sp³-hybridized carbons (Fsp3) is 0.235. The molecule has 0 amide bonds. The van der Waals surface area contributed by atoms with Crippen molar-refractivity contribution in [2.45, 2.75) is 18.9 Å². The Bertz CT molecular complexity index is 609. The molecule has 0 spiro atoms. The van der Waals surface area contributed by atoms with Crippen molar-refractivity contribution in [2.75, 3.05) is 0 Å². The van der Waals surface area contributed by atoms with Gasteiger partial charge in [0.2, 0.25) is 0 Å². The van der Waals surface area contributed by atoms with E-state index in [0.29, 0.717) is 17.8 Å². The summed E-state index contributed by atoms with van der Waals surface area (Å²) in [5, 5.41) is 9.60. The van der Waals surface area contributed by atoms with Crippen molar-refractivity contribution < 1.29 is 18.7 Å². The van der Waals surface area contributed by atoms with Crippen LogP contribution in [0.15, 0.2) is 48.5 Å². The molecule has 1 saturated carbocycles. The van der Waals surface area contributed by atoms with Gasteiger partial charge >= 0.3 is 0 Å². The van der Waals surface area contributed by atoms with E-state index in [2.05, 4.69) is 0 Å². The highest BCUT2D eigenvalue weighted by atomic mass is 19.1. The van der Waals surface area contributed by atoms with Gasteiger partial charge in [-0.25, -0.2) is 8.78 Å². The lowest BCUT2D eigenvalue weighted by Gasteiger charge is -2.09. The van der Waals surface area contributed by atoms with E-state index in [4.69, 9.17) is 0 Å².